The first-order chi connectivity index (χ1) is 10.2. The molecular formula is C15H21BrFN3S. The van der Waals surface area contributed by atoms with E-state index in [2.05, 4.69) is 31.6 Å². The van der Waals surface area contributed by atoms with E-state index in [9.17, 15) is 4.39 Å². The van der Waals surface area contributed by atoms with Crippen LogP contribution in [0.1, 0.15) is 18.4 Å². The Labute approximate surface area is 138 Å². The average molecular weight is 374 g/mol. The number of thioether (sulfide) groups is 1. The molecule has 1 aromatic carbocycles. The minimum atomic E-state index is -0.224. The van der Waals surface area contributed by atoms with E-state index < -0.39 is 0 Å². The third kappa shape index (κ3) is 5.51. The van der Waals surface area contributed by atoms with Crippen LogP contribution in [-0.2, 0) is 6.42 Å². The van der Waals surface area contributed by atoms with Crippen molar-refractivity contribution in [1.29, 1.82) is 0 Å². The van der Waals surface area contributed by atoms with Gasteiger partial charge in [-0.2, -0.15) is 11.8 Å². The van der Waals surface area contributed by atoms with Crippen LogP contribution in [0.2, 0.25) is 0 Å². The van der Waals surface area contributed by atoms with Crippen LogP contribution in [0.25, 0.3) is 0 Å². The van der Waals surface area contributed by atoms with Crippen molar-refractivity contribution in [2.75, 3.05) is 25.9 Å². The molecule has 0 radical (unpaired) electrons. The van der Waals surface area contributed by atoms with E-state index in [-0.39, 0.29) is 5.82 Å². The maximum atomic E-state index is 13.2. The van der Waals surface area contributed by atoms with Gasteiger partial charge in [0.25, 0.3) is 0 Å². The smallest absolute Gasteiger partial charge is 0.191 e. The lowest BCUT2D eigenvalue weighted by Gasteiger charge is -2.14. The number of nitrogens with zero attached hydrogens (tertiary/aromatic N) is 1. The molecule has 1 fully saturated rings. The summed E-state index contributed by atoms with van der Waals surface area (Å²) in [6, 6.07) is 5.12. The fourth-order valence-corrected chi connectivity index (χ4v) is 3.88. The Morgan fingerprint density at radius 1 is 1.48 bits per heavy atom. The molecule has 1 atom stereocenters. The Bertz CT molecular complexity index is 490. The predicted octanol–water partition coefficient (Wildman–Crippen LogP) is 3.19. The van der Waals surface area contributed by atoms with Crippen LogP contribution < -0.4 is 10.6 Å². The van der Waals surface area contributed by atoms with Gasteiger partial charge in [-0.25, -0.2) is 4.39 Å². The van der Waals surface area contributed by atoms with Crippen LogP contribution in [0.3, 0.4) is 0 Å². The molecule has 1 unspecified atom stereocenters. The summed E-state index contributed by atoms with van der Waals surface area (Å²) < 4.78 is 13.7. The first-order valence-electron chi connectivity index (χ1n) is 7.19. The van der Waals surface area contributed by atoms with Gasteiger partial charge in [0.15, 0.2) is 5.96 Å². The highest BCUT2D eigenvalue weighted by molar-refractivity contribution is 9.10. The molecule has 116 valence electrons. The summed E-state index contributed by atoms with van der Waals surface area (Å²) in [7, 11) is 1.78. The molecule has 21 heavy (non-hydrogen) atoms. The second-order valence-corrected chi connectivity index (χ2v) is 7.28. The van der Waals surface area contributed by atoms with Gasteiger partial charge in [-0.05, 0) is 58.6 Å². The summed E-state index contributed by atoms with van der Waals surface area (Å²) in [6.45, 7) is 1.74. The molecule has 1 saturated heterocycles. The van der Waals surface area contributed by atoms with Gasteiger partial charge in [0.1, 0.15) is 5.82 Å². The van der Waals surface area contributed by atoms with Crippen LogP contribution in [0.15, 0.2) is 27.7 Å². The molecule has 0 aromatic heterocycles. The molecule has 1 heterocycles. The van der Waals surface area contributed by atoms with Crippen molar-refractivity contribution in [3.05, 3.63) is 34.1 Å². The zero-order chi connectivity index (χ0) is 15.1. The first-order valence-corrected chi connectivity index (χ1v) is 9.03. The van der Waals surface area contributed by atoms with Crippen LogP contribution in [-0.4, -0.2) is 37.1 Å². The first kappa shape index (κ1) is 16.6. The van der Waals surface area contributed by atoms with Gasteiger partial charge in [-0.1, -0.05) is 6.07 Å². The number of hydrogen-bond acceptors (Lipinski definition) is 2. The van der Waals surface area contributed by atoms with Crippen molar-refractivity contribution in [3.8, 4) is 0 Å². The summed E-state index contributed by atoms with van der Waals surface area (Å²) in [5, 5.41) is 7.37. The Kier molecular flexibility index (Phi) is 6.83. The fraction of sp³-hybridized carbons (Fsp3) is 0.533. The highest BCUT2D eigenvalue weighted by Crippen LogP contribution is 2.25. The van der Waals surface area contributed by atoms with Crippen LogP contribution in [0, 0.1) is 5.82 Å². The molecule has 0 bridgehead atoms. The summed E-state index contributed by atoms with van der Waals surface area (Å²) in [5.74, 6) is 1.89. The van der Waals surface area contributed by atoms with Crippen molar-refractivity contribution in [2.45, 2.75) is 24.5 Å². The molecule has 2 N–H and O–H groups in total. The van der Waals surface area contributed by atoms with Crippen molar-refractivity contribution < 1.29 is 4.39 Å². The molecular weight excluding hydrogens is 353 g/mol. The third-order valence-electron chi connectivity index (χ3n) is 3.43. The van der Waals surface area contributed by atoms with Crippen LogP contribution in [0.5, 0.6) is 0 Å². The lowest BCUT2D eigenvalue weighted by molar-refractivity contribution is 0.620. The van der Waals surface area contributed by atoms with E-state index in [0.717, 1.165) is 31.0 Å². The van der Waals surface area contributed by atoms with Gasteiger partial charge >= 0.3 is 0 Å². The molecule has 1 aromatic rings. The Morgan fingerprint density at radius 3 is 3.00 bits per heavy atom. The van der Waals surface area contributed by atoms with E-state index in [1.807, 2.05) is 23.9 Å². The second-order valence-electron chi connectivity index (χ2n) is 5.01. The number of hydrogen-bond donors (Lipinski definition) is 2. The molecule has 6 heteroatoms. The molecule has 0 aliphatic carbocycles. The van der Waals surface area contributed by atoms with E-state index >= 15 is 0 Å². The van der Waals surface area contributed by atoms with Gasteiger partial charge in [0.05, 0.1) is 4.47 Å². The van der Waals surface area contributed by atoms with E-state index in [1.54, 1.807) is 7.05 Å². The molecule has 0 saturated carbocycles. The maximum absolute atomic E-state index is 13.2. The number of benzene rings is 1. The normalized spacial score (nSPS) is 18.8. The van der Waals surface area contributed by atoms with E-state index in [0.29, 0.717) is 9.72 Å². The van der Waals surface area contributed by atoms with Crippen molar-refractivity contribution in [1.82, 2.24) is 10.6 Å². The molecule has 1 aliphatic rings. The van der Waals surface area contributed by atoms with Crippen LogP contribution >= 0.6 is 27.7 Å². The quantitative estimate of drug-likeness (QED) is 0.614. The zero-order valence-corrected chi connectivity index (χ0v) is 14.6. The van der Waals surface area contributed by atoms with Crippen LogP contribution in [0.4, 0.5) is 4.39 Å². The number of halogens is 2. The summed E-state index contributed by atoms with van der Waals surface area (Å²) in [6.07, 6.45) is 3.44. The van der Waals surface area contributed by atoms with E-state index in [1.165, 1.54) is 24.7 Å². The number of rotatable bonds is 5. The highest BCUT2D eigenvalue weighted by Gasteiger charge is 2.15. The second kappa shape index (κ2) is 8.63. The number of guanidine groups is 1. The molecule has 3 nitrogen and oxygen atoms in total. The topological polar surface area (TPSA) is 36.4 Å². The summed E-state index contributed by atoms with van der Waals surface area (Å²) in [5.41, 5.74) is 1.09. The number of aliphatic imine (C=N–C) groups is 1. The molecule has 0 amide bonds. The summed E-state index contributed by atoms with van der Waals surface area (Å²) >= 11 is 5.24. The van der Waals surface area contributed by atoms with Crippen molar-refractivity contribution in [2.24, 2.45) is 4.99 Å². The van der Waals surface area contributed by atoms with Gasteiger partial charge in [-0.15, -0.1) is 0 Å². The minimum absolute atomic E-state index is 0.224. The van der Waals surface area contributed by atoms with Gasteiger partial charge in [0, 0.05) is 25.4 Å². The third-order valence-corrected chi connectivity index (χ3v) is 5.44. The monoisotopic (exact) mass is 373 g/mol. The zero-order valence-electron chi connectivity index (χ0n) is 12.2. The van der Waals surface area contributed by atoms with E-state index in [4.69, 9.17) is 0 Å². The molecule has 1 aliphatic heterocycles. The number of nitrogens with one attached hydrogen (secondary N) is 2. The van der Waals surface area contributed by atoms with Gasteiger partial charge in [-0.3, -0.25) is 4.99 Å². The Hall–Kier alpha value is -0.750. The van der Waals surface area contributed by atoms with Gasteiger partial charge < -0.3 is 10.6 Å². The highest BCUT2D eigenvalue weighted by atomic mass is 79.9. The van der Waals surface area contributed by atoms with Gasteiger partial charge in [0.2, 0.25) is 0 Å². The van der Waals surface area contributed by atoms with Crippen molar-refractivity contribution in [3.63, 3.8) is 0 Å². The summed E-state index contributed by atoms with van der Waals surface area (Å²) in [4.78, 5) is 4.23. The predicted molar refractivity (Wildman–Crippen MR) is 92.6 cm³/mol. The largest absolute Gasteiger partial charge is 0.356 e. The Morgan fingerprint density at radius 2 is 2.33 bits per heavy atom. The fourth-order valence-electron chi connectivity index (χ4n) is 2.26. The molecule has 0 spiro atoms. The lowest BCUT2D eigenvalue weighted by Crippen LogP contribution is -2.40. The minimum Gasteiger partial charge on any atom is -0.356 e. The molecule has 2 rings (SSSR count). The lowest BCUT2D eigenvalue weighted by atomic mass is 10.1. The maximum Gasteiger partial charge on any atom is 0.191 e. The standard InChI is InChI=1S/C15H21BrFN3S/c1-18-15(20-10-12-3-2-8-21-12)19-7-6-11-4-5-14(17)13(16)9-11/h4-5,9,12H,2-3,6-8,10H2,1H3,(H2,18,19,20). The average Bonchev–Trinajstić information content (AvgIpc) is 2.99. The Balaban J connectivity index is 1.71. The van der Waals surface area contributed by atoms with Crippen molar-refractivity contribution >= 4 is 33.7 Å². The SMILES string of the molecule is CN=C(NCCc1ccc(F)c(Br)c1)NCC1CCCS1.